The minimum absolute atomic E-state index is 0.0331. The number of hydrogen-bond donors (Lipinski definition) is 1. The molecule has 0 radical (unpaired) electrons. The third kappa shape index (κ3) is 2.64. The van der Waals surface area contributed by atoms with Gasteiger partial charge in [0.25, 0.3) is 0 Å². The summed E-state index contributed by atoms with van der Waals surface area (Å²) in [4.78, 5) is 14.3. The minimum Gasteiger partial charge on any atom is -0.476 e. The first-order valence-electron chi connectivity index (χ1n) is 5.22. The van der Waals surface area contributed by atoms with Crippen LogP contribution in [-0.4, -0.2) is 52.2 Å². The lowest BCUT2D eigenvalue weighted by Gasteiger charge is -2.13. The summed E-state index contributed by atoms with van der Waals surface area (Å²) in [6.07, 6.45) is 3.45. The number of imidazole rings is 1. The van der Waals surface area contributed by atoms with Gasteiger partial charge in [0.15, 0.2) is 5.69 Å². The summed E-state index contributed by atoms with van der Waals surface area (Å²) in [5.74, 6) is -0.880. The molecule has 0 unspecified atom stereocenters. The van der Waals surface area contributed by atoms with Crippen LogP contribution in [0.2, 0.25) is 0 Å². The van der Waals surface area contributed by atoms with Crippen molar-refractivity contribution in [1.82, 2.24) is 13.9 Å². The number of rotatable bonds is 4. The molecule has 2 heterocycles. The first kappa shape index (κ1) is 12.1. The fourth-order valence-electron chi connectivity index (χ4n) is 1.76. The highest BCUT2D eigenvalue weighted by atomic mass is 32.2. The fraction of sp³-hybridized carbons (Fsp3) is 0.556. The molecule has 1 fully saturated rings. The standard InChI is InChI=1S/C9H13N3O4S/c13-9(14)8-6-11(7-10-8)3-4-12-2-1-5-17(12,15)16/h6-7H,1-5H2,(H,13,14). The van der Waals surface area contributed by atoms with Crippen LogP contribution in [0.3, 0.4) is 0 Å². The molecule has 0 amide bonds. The van der Waals surface area contributed by atoms with E-state index in [2.05, 4.69) is 4.98 Å². The second-order valence-corrected chi connectivity index (χ2v) is 5.96. The molecule has 0 bridgehead atoms. The van der Waals surface area contributed by atoms with Crippen LogP contribution in [-0.2, 0) is 16.6 Å². The number of carbonyl (C=O) groups is 1. The van der Waals surface area contributed by atoms with E-state index >= 15 is 0 Å². The van der Waals surface area contributed by atoms with Crippen LogP contribution in [0.5, 0.6) is 0 Å². The van der Waals surface area contributed by atoms with E-state index in [1.807, 2.05) is 0 Å². The van der Waals surface area contributed by atoms with E-state index in [0.717, 1.165) is 0 Å². The average Bonchev–Trinajstić information content (AvgIpc) is 2.81. The molecule has 0 spiro atoms. The summed E-state index contributed by atoms with van der Waals surface area (Å²) in [6.45, 7) is 1.32. The zero-order valence-electron chi connectivity index (χ0n) is 9.11. The first-order valence-corrected chi connectivity index (χ1v) is 6.83. The van der Waals surface area contributed by atoms with Crippen LogP contribution in [0.15, 0.2) is 12.5 Å². The van der Waals surface area contributed by atoms with Crippen LogP contribution in [0, 0.1) is 0 Å². The van der Waals surface area contributed by atoms with Crippen molar-refractivity contribution in [1.29, 1.82) is 0 Å². The van der Waals surface area contributed by atoms with Gasteiger partial charge in [-0.1, -0.05) is 0 Å². The zero-order chi connectivity index (χ0) is 12.5. The van der Waals surface area contributed by atoms with Crippen molar-refractivity contribution < 1.29 is 18.3 Å². The maximum absolute atomic E-state index is 11.5. The molecule has 1 aliphatic rings. The van der Waals surface area contributed by atoms with Gasteiger partial charge in [-0.2, -0.15) is 0 Å². The number of carboxylic acid groups (broad SMARTS) is 1. The Kier molecular flexibility index (Phi) is 3.16. The second-order valence-electron chi connectivity index (χ2n) is 3.87. The number of aromatic nitrogens is 2. The summed E-state index contributed by atoms with van der Waals surface area (Å²) in [6, 6.07) is 0. The summed E-state index contributed by atoms with van der Waals surface area (Å²) >= 11 is 0. The maximum Gasteiger partial charge on any atom is 0.356 e. The van der Waals surface area contributed by atoms with Gasteiger partial charge < -0.3 is 9.67 Å². The Labute approximate surface area is 98.7 Å². The van der Waals surface area contributed by atoms with Gasteiger partial charge in [0.05, 0.1) is 12.1 Å². The van der Waals surface area contributed by atoms with Crippen LogP contribution >= 0.6 is 0 Å². The predicted molar refractivity (Wildman–Crippen MR) is 59.2 cm³/mol. The summed E-state index contributed by atoms with van der Waals surface area (Å²) in [7, 11) is -3.08. The molecule has 0 aliphatic carbocycles. The van der Waals surface area contributed by atoms with E-state index in [-0.39, 0.29) is 11.4 Å². The highest BCUT2D eigenvalue weighted by Crippen LogP contribution is 2.12. The molecule has 0 aromatic carbocycles. The Morgan fingerprint density at radius 2 is 2.24 bits per heavy atom. The molecule has 1 N–H and O–H groups in total. The predicted octanol–water partition coefficient (Wildman–Crippen LogP) is -0.383. The van der Waals surface area contributed by atoms with E-state index in [4.69, 9.17) is 5.11 Å². The van der Waals surface area contributed by atoms with Crippen LogP contribution in [0.1, 0.15) is 16.9 Å². The Morgan fingerprint density at radius 1 is 1.47 bits per heavy atom. The van der Waals surface area contributed by atoms with Gasteiger partial charge in [0.2, 0.25) is 10.0 Å². The van der Waals surface area contributed by atoms with Crippen LogP contribution in [0.4, 0.5) is 0 Å². The number of aromatic carboxylic acids is 1. The zero-order valence-corrected chi connectivity index (χ0v) is 9.93. The summed E-state index contributed by atoms with van der Waals surface area (Å²) in [5, 5.41) is 8.68. The first-order chi connectivity index (χ1) is 7.99. The molecular weight excluding hydrogens is 246 g/mol. The lowest BCUT2D eigenvalue weighted by molar-refractivity contribution is 0.0691. The van der Waals surface area contributed by atoms with Gasteiger partial charge in [-0.3, -0.25) is 0 Å². The monoisotopic (exact) mass is 259 g/mol. The third-order valence-electron chi connectivity index (χ3n) is 2.66. The molecular formula is C9H13N3O4S. The van der Waals surface area contributed by atoms with E-state index in [0.29, 0.717) is 26.1 Å². The largest absolute Gasteiger partial charge is 0.476 e. The smallest absolute Gasteiger partial charge is 0.356 e. The van der Waals surface area contributed by atoms with Crippen molar-refractivity contribution in [3.05, 3.63) is 18.2 Å². The third-order valence-corrected chi connectivity index (χ3v) is 4.62. The molecule has 2 rings (SSSR count). The lowest BCUT2D eigenvalue weighted by Crippen LogP contribution is -2.29. The molecule has 17 heavy (non-hydrogen) atoms. The van der Waals surface area contributed by atoms with Gasteiger partial charge in [-0.15, -0.1) is 0 Å². The Morgan fingerprint density at radius 3 is 2.76 bits per heavy atom. The summed E-state index contributed by atoms with van der Waals surface area (Å²) in [5.41, 5.74) is -0.0331. The van der Waals surface area contributed by atoms with Crippen molar-refractivity contribution in [2.75, 3.05) is 18.8 Å². The molecule has 1 aromatic rings. The highest BCUT2D eigenvalue weighted by Gasteiger charge is 2.27. The topological polar surface area (TPSA) is 92.5 Å². The van der Waals surface area contributed by atoms with Crippen LogP contribution in [0.25, 0.3) is 0 Å². The van der Waals surface area contributed by atoms with Crippen molar-refractivity contribution in [2.45, 2.75) is 13.0 Å². The number of hydrogen-bond acceptors (Lipinski definition) is 4. The Balaban J connectivity index is 1.96. The molecule has 0 saturated carbocycles. The molecule has 8 heteroatoms. The Bertz CT molecular complexity index is 522. The van der Waals surface area contributed by atoms with Crippen molar-refractivity contribution >= 4 is 16.0 Å². The number of carboxylic acids is 1. The van der Waals surface area contributed by atoms with E-state index in [1.54, 1.807) is 4.57 Å². The van der Waals surface area contributed by atoms with Crippen molar-refractivity contribution in [3.63, 3.8) is 0 Å². The maximum atomic E-state index is 11.5. The summed E-state index contributed by atoms with van der Waals surface area (Å²) < 4.78 is 26.0. The minimum atomic E-state index is -3.08. The molecule has 1 saturated heterocycles. The fourth-order valence-corrected chi connectivity index (χ4v) is 3.28. The molecule has 1 aromatic heterocycles. The van der Waals surface area contributed by atoms with Crippen molar-refractivity contribution in [3.8, 4) is 0 Å². The molecule has 7 nitrogen and oxygen atoms in total. The van der Waals surface area contributed by atoms with Crippen LogP contribution < -0.4 is 0 Å². The quantitative estimate of drug-likeness (QED) is 0.795. The highest BCUT2D eigenvalue weighted by molar-refractivity contribution is 7.89. The molecule has 0 atom stereocenters. The second kappa shape index (κ2) is 4.46. The van der Waals surface area contributed by atoms with Gasteiger partial charge in [0, 0.05) is 25.8 Å². The van der Waals surface area contributed by atoms with Gasteiger partial charge >= 0.3 is 5.97 Å². The van der Waals surface area contributed by atoms with Gasteiger partial charge in [-0.25, -0.2) is 22.5 Å². The SMILES string of the molecule is O=C(O)c1cn(CCN2CCCS2(=O)=O)cn1. The lowest BCUT2D eigenvalue weighted by atomic mass is 10.4. The Hall–Kier alpha value is -1.41. The average molecular weight is 259 g/mol. The van der Waals surface area contributed by atoms with E-state index in [1.165, 1.54) is 16.8 Å². The van der Waals surface area contributed by atoms with Gasteiger partial charge in [0.1, 0.15) is 0 Å². The molecule has 1 aliphatic heterocycles. The number of nitrogens with zero attached hydrogens (tertiary/aromatic N) is 3. The van der Waals surface area contributed by atoms with E-state index in [9.17, 15) is 13.2 Å². The molecule has 94 valence electrons. The van der Waals surface area contributed by atoms with Crippen molar-refractivity contribution in [2.24, 2.45) is 0 Å². The van der Waals surface area contributed by atoms with E-state index < -0.39 is 16.0 Å². The normalized spacial score (nSPS) is 19.5. The van der Waals surface area contributed by atoms with Gasteiger partial charge in [-0.05, 0) is 6.42 Å². The number of sulfonamides is 1.